The summed E-state index contributed by atoms with van der Waals surface area (Å²) in [6.45, 7) is 12.4. The SMILES string of the molecule is C.Cc1cc(C(=O)Nc2cccc(C(OCC3CC3)c3ccccc3)c2F)n(-c2cccc(CN)c2)n1.[C-]#[N+]c1cccc(-n2nc(C)cc2C(=O)Nc2cccc(C(OCC3CC3)c3ccccc3)c2F)c1. The molecule has 2 heterocycles. The van der Waals surface area contributed by atoms with Crippen molar-refractivity contribution in [1.29, 1.82) is 0 Å². The summed E-state index contributed by atoms with van der Waals surface area (Å²) >= 11 is 0. The van der Waals surface area contributed by atoms with Gasteiger partial charge in [-0.25, -0.2) is 23.0 Å². The smallest absolute Gasteiger partial charge is 0.274 e. The number of rotatable bonds is 17. The molecule has 0 spiro atoms. The maximum atomic E-state index is 15.8. The minimum Gasteiger partial charge on any atom is -0.368 e. The third-order valence-electron chi connectivity index (χ3n) is 12.4. The Bertz CT molecular complexity index is 3230. The molecular formula is C59H58F2N8O4. The molecule has 14 heteroatoms. The summed E-state index contributed by atoms with van der Waals surface area (Å²) in [4.78, 5) is 30.0. The molecule has 2 unspecified atom stereocenters. The van der Waals surface area contributed by atoms with Crippen molar-refractivity contribution in [3.05, 3.63) is 231 Å². The summed E-state index contributed by atoms with van der Waals surface area (Å²) in [5.41, 5.74) is 12.9. The number of ether oxygens (including phenoxy) is 2. The van der Waals surface area contributed by atoms with Crippen LogP contribution in [-0.2, 0) is 16.0 Å². The Kier molecular flexibility index (Phi) is 16.5. The molecule has 4 N–H and O–H groups in total. The largest absolute Gasteiger partial charge is 0.368 e. The van der Waals surface area contributed by atoms with Crippen molar-refractivity contribution in [2.24, 2.45) is 17.6 Å². The Balaban J connectivity index is 0.000000192. The first-order valence-corrected chi connectivity index (χ1v) is 24.0. The number of nitrogens with zero attached hydrogens (tertiary/aromatic N) is 5. The number of hydrogen-bond donors (Lipinski definition) is 3. The van der Waals surface area contributed by atoms with E-state index in [1.54, 1.807) is 78.3 Å². The van der Waals surface area contributed by atoms with Gasteiger partial charge in [0.1, 0.15) is 23.6 Å². The maximum absolute atomic E-state index is 15.8. The van der Waals surface area contributed by atoms with E-state index in [0.29, 0.717) is 76.9 Å². The van der Waals surface area contributed by atoms with Crippen molar-refractivity contribution in [2.45, 2.75) is 65.7 Å². The van der Waals surface area contributed by atoms with Gasteiger partial charge in [0.05, 0.1) is 53.9 Å². The van der Waals surface area contributed by atoms with E-state index >= 15 is 8.78 Å². The van der Waals surface area contributed by atoms with Crippen molar-refractivity contribution in [2.75, 3.05) is 23.8 Å². The molecule has 2 amide bonds. The van der Waals surface area contributed by atoms with Crippen LogP contribution in [0.4, 0.5) is 25.8 Å². The first-order valence-electron chi connectivity index (χ1n) is 24.0. The second kappa shape index (κ2) is 23.4. The van der Waals surface area contributed by atoms with E-state index in [1.807, 2.05) is 91.9 Å². The third-order valence-corrected chi connectivity index (χ3v) is 12.4. The van der Waals surface area contributed by atoms with Gasteiger partial charge in [-0.1, -0.05) is 117 Å². The molecule has 0 saturated heterocycles. The molecule has 2 atom stereocenters. The highest BCUT2D eigenvalue weighted by Gasteiger charge is 2.29. The van der Waals surface area contributed by atoms with Crippen LogP contribution in [-0.4, -0.2) is 44.6 Å². The number of amides is 2. The zero-order chi connectivity index (χ0) is 50.1. The zero-order valence-electron chi connectivity index (χ0n) is 40.0. The minimum atomic E-state index is -0.576. The summed E-state index contributed by atoms with van der Waals surface area (Å²) in [7, 11) is 0. The van der Waals surface area contributed by atoms with E-state index in [-0.39, 0.29) is 24.5 Å². The Morgan fingerprint density at radius 1 is 0.630 bits per heavy atom. The molecule has 8 aromatic rings. The van der Waals surface area contributed by atoms with E-state index in [4.69, 9.17) is 21.8 Å². The van der Waals surface area contributed by atoms with E-state index in [1.165, 1.54) is 10.7 Å². The zero-order valence-corrected chi connectivity index (χ0v) is 40.0. The number of carbonyl (C=O) groups excluding carboxylic acids is 2. The molecule has 2 aliphatic carbocycles. The van der Waals surface area contributed by atoms with Crippen LogP contribution in [0, 0.1) is 43.9 Å². The number of anilines is 2. The molecule has 0 bridgehead atoms. The average Bonchev–Trinajstić information content (AvgIpc) is 4.35. The van der Waals surface area contributed by atoms with E-state index < -0.39 is 35.7 Å². The summed E-state index contributed by atoms with van der Waals surface area (Å²) < 4.78 is 47.0. The number of nitrogens with two attached hydrogens (primary N) is 1. The second-order valence-electron chi connectivity index (χ2n) is 18.1. The molecule has 2 aliphatic rings. The second-order valence-corrected chi connectivity index (χ2v) is 18.1. The molecule has 6 aromatic carbocycles. The number of nitrogens with one attached hydrogen (secondary N) is 2. The summed E-state index contributed by atoms with van der Waals surface area (Å²) in [6, 6.07) is 46.7. The summed E-state index contributed by atoms with van der Waals surface area (Å²) in [6.07, 6.45) is 3.41. The van der Waals surface area contributed by atoms with Gasteiger partial charge in [-0.3, -0.25) is 9.59 Å². The fraction of sp³-hybridized carbons (Fsp3) is 0.237. The van der Waals surface area contributed by atoms with Crippen molar-refractivity contribution in [1.82, 2.24) is 19.6 Å². The standard InChI is InChI=1S/C29H25FN4O2.C29H29FN4O2.CH4/c1-19-16-26(34(33-19)23-11-6-10-22(17-23)31-2)29(35)32-25-13-7-12-24(27(25)30)28(36-18-20-14-15-20)21-8-4-3-5-9-21;1-19-15-26(34(33-19)23-10-5-7-21(16-23)17-31)29(35)32-25-12-6-11-24(27(25)30)28(36-18-20-13-14-20)22-8-3-2-4-9-22;/h3-13,16-17,20,28H,14-15,18H2,1H3,(H,32,35);2-12,15-16,20,28H,13-14,17-18,31H2,1H3,(H,32,35);1H4. The Labute approximate surface area is 424 Å². The molecule has 372 valence electrons. The Morgan fingerprint density at radius 2 is 1.07 bits per heavy atom. The molecule has 12 nitrogen and oxygen atoms in total. The fourth-order valence-corrected chi connectivity index (χ4v) is 8.32. The van der Waals surface area contributed by atoms with Crippen LogP contribution in [0.5, 0.6) is 0 Å². The van der Waals surface area contributed by atoms with Crippen molar-refractivity contribution >= 4 is 28.9 Å². The molecule has 2 aromatic heterocycles. The normalized spacial score (nSPS) is 13.6. The highest BCUT2D eigenvalue weighted by molar-refractivity contribution is 6.04. The van der Waals surface area contributed by atoms with Crippen molar-refractivity contribution < 1.29 is 27.8 Å². The summed E-state index contributed by atoms with van der Waals surface area (Å²) in [5, 5.41) is 14.3. The lowest BCUT2D eigenvalue weighted by Gasteiger charge is -2.21. The van der Waals surface area contributed by atoms with E-state index in [0.717, 1.165) is 42.4 Å². The first-order chi connectivity index (χ1) is 35.1. The quantitative estimate of drug-likeness (QED) is 0.0771. The lowest BCUT2D eigenvalue weighted by Crippen LogP contribution is -2.19. The lowest BCUT2D eigenvalue weighted by molar-refractivity contribution is 0.0695. The van der Waals surface area contributed by atoms with Crippen molar-refractivity contribution in [3.63, 3.8) is 0 Å². The monoisotopic (exact) mass is 980 g/mol. The van der Waals surface area contributed by atoms with Crippen LogP contribution < -0.4 is 16.4 Å². The Hall–Kier alpha value is -8.09. The predicted molar refractivity (Wildman–Crippen MR) is 280 cm³/mol. The van der Waals surface area contributed by atoms with Crippen LogP contribution in [0.2, 0.25) is 0 Å². The van der Waals surface area contributed by atoms with Crippen LogP contribution in [0.1, 0.15) is 105 Å². The highest BCUT2D eigenvalue weighted by Crippen LogP contribution is 2.37. The van der Waals surface area contributed by atoms with Gasteiger partial charge in [-0.05, 0) is 117 Å². The minimum absolute atomic E-state index is 0. The molecule has 0 aliphatic heterocycles. The number of hydrogen-bond acceptors (Lipinski definition) is 7. The Morgan fingerprint density at radius 3 is 1.51 bits per heavy atom. The number of halogens is 2. The van der Waals surface area contributed by atoms with Gasteiger partial charge in [0, 0.05) is 17.7 Å². The number of carbonyl (C=O) groups is 2. The van der Waals surface area contributed by atoms with Crippen LogP contribution in [0.3, 0.4) is 0 Å². The number of aryl methyl sites for hydroxylation is 2. The third kappa shape index (κ3) is 12.5. The molecule has 73 heavy (non-hydrogen) atoms. The van der Waals surface area contributed by atoms with E-state index in [2.05, 4.69) is 25.7 Å². The summed E-state index contributed by atoms with van der Waals surface area (Å²) in [5.74, 6) is -0.956. The maximum Gasteiger partial charge on any atom is 0.274 e. The number of benzene rings is 6. The van der Waals surface area contributed by atoms with Crippen molar-refractivity contribution in [3.8, 4) is 11.4 Å². The van der Waals surface area contributed by atoms with Crippen LogP contribution >= 0.6 is 0 Å². The molecule has 2 fully saturated rings. The first kappa shape index (κ1) is 51.3. The van der Waals surface area contributed by atoms with Gasteiger partial charge < -0.3 is 25.8 Å². The van der Waals surface area contributed by atoms with Crippen LogP contribution in [0.25, 0.3) is 16.2 Å². The highest BCUT2D eigenvalue weighted by atomic mass is 19.1. The van der Waals surface area contributed by atoms with Gasteiger partial charge in [0.15, 0.2) is 17.3 Å². The number of aromatic nitrogens is 4. The predicted octanol–water partition coefficient (Wildman–Crippen LogP) is 12.8. The van der Waals surface area contributed by atoms with Gasteiger partial charge in [0.2, 0.25) is 0 Å². The molecule has 0 radical (unpaired) electrons. The molecule has 10 rings (SSSR count). The lowest BCUT2D eigenvalue weighted by atomic mass is 10.00. The van der Waals surface area contributed by atoms with Gasteiger partial charge in [0.25, 0.3) is 11.8 Å². The molecular weight excluding hydrogens is 923 g/mol. The molecule has 2 saturated carbocycles. The van der Waals surface area contributed by atoms with Crippen LogP contribution in [0.15, 0.2) is 158 Å². The van der Waals surface area contributed by atoms with Gasteiger partial charge >= 0.3 is 0 Å². The van der Waals surface area contributed by atoms with Gasteiger partial charge in [-0.2, -0.15) is 10.2 Å². The fourth-order valence-electron chi connectivity index (χ4n) is 8.32. The topological polar surface area (TPSA) is 143 Å². The van der Waals surface area contributed by atoms with E-state index in [9.17, 15) is 9.59 Å². The van der Waals surface area contributed by atoms with Gasteiger partial charge in [-0.15, -0.1) is 0 Å². The average molecular weight is 981 g/mol.